The highest BCUT2D eigenvalue weighted by molar-refractivity contribution is 6.39. The fraction of sp³-hybridized carbons (Fsp3) is 0.400. The van der Waals surface area contributed by atoms with Crippen LogP contribution in [0.4, 0.5) is 11.4 Å². The van der Waals surface area contributed by atoms with Gasteiger partial charge in [-0.25, -0.2) is 0 Å². The number of aryl methyl sites for hydroxylation is 1. The second kappa shape index (κ2) is 11.9. The Morgan fingerprint density at radius 3 is 2.41 bits per heavy atom. The molecule has 34 heavy (non-hydrogen) atoms. The molecule has 2 aromatic carbocycles. The first-order valence-electron chi connectivity index (χ1n) is 11.5. The first-order chi connectivity index (χ1) is 16.3. The molecule has 1 aliphatic heterocycles. The maximum atomic E-state index is 12.8. The van der Waals surface area contributed by atoms with Crippen molar-refractivity contribution in [3.8, 4) is 0 Å². The van der Waals surface area contributed by atoms with E-state index in [0.29, 0.717) is 36.8 Å². The van der Waals surface area contributed by atoms with Crippen molar-refractivity contribution < 1.29 is 19.3 Å². The Balaban J connectivity index is 1.35. The van der Waals surface area contributed by atoms with E-state index in [9.17, 15) is 24.5 Å². The summed E-state index contributed by atoms with van der Waals surface area (Å²) in [7, 11) is 0. The summed E-state index contributed by atoms with van der Waals surface area (Å²) in [6, 6.07) is 12.9. The molecule has 0 aromatic heterocycles. The zero-order valence-corrected chi connectivity index (χ0v) is 19.3. The lowest BCUT2D eigenvalue weighted by molar-refractivity contribution is -0.384. The molecule has 1 atom stereocenters. The second-order valence-electron chi connectivity index (χ2n) is 8.64. The van der Waals surface area contributed by atoms with Gasteiger partial charge in [0.1, 0.15) is 0 Å². The molecular weight excluding hydrogens is 436 g/mol. The lowest BCUT2D eigenvalue weighted by atomic mass is 9.92. The minimum atomic E-state index is -0.684. The Hall–Kier alpha value is -3.75. The van der Waals surface area contributed by atoms with Crippen LogP contribution in [0.1, 0.15) is 48.0 Å². The van der Waals surface area contributed by atoms with E-state index in [2.05, 4.69) is 10.6 Å². The molecule has 1 aliphatic rings. The number of hydrogen-bond acceptors (Lipinski definition) is 5. The largest absolute Gasteiger partial charge is 0.348 e. The number of nitro benzene ring substituents is 1. The first-order valence-corrected chi connectivity index (χ1v) is 11.5. The Morgan fingerprint density at radius 1 is 1.03 bits per heavy atom. The summed E-state index contributed by atoms with van der Waals surface area (Å²) in [4.78, 5) is 48.9. The van der Waals surface area contributed by atoms with E-state index in [1.165, 1.54) is 24.3 Å². The smallest absolute Gasteiger partial charge is 0.313 e. The van der Waals surface area contributed by atoms with Crippen molar-refractivity contribution in [1.29, 1.82) is 0 Å². The Kier molecular flexibility index (Phi) is 8.73. The minimum Gasteiger partial charge on any atom is -0.348 e. The van der Waals surface area contributed by atoms with Gasteiger partial charge in [-0.15, -0.1) is 0 Å². The van der Waals surface area contributed by atoms with Crippen LogP contribution in [0, 0.1) is 23.0 Å². The van der Waals surface area contributed by atoms with Crippen LogP contribution < -0.4 is 10.6 Å². The summed E-state index contributed by atoms with van der Waals surface area (Å²) in [6.45, 7) is 3.69. The predicted molar refractivity (Wildman–Crippen MR) is 128 cm³/mol. The summed E-state index contributed by atoms with van der Waals surface area (Å²) in [5.41, 5.74) is 2.07. The minimum absolute atomic E-state index is 0.0345. The number of hydrogen-bond donors (Lipinski definition) is 2. The van der Waals surface area contributed by atoms with Crippen LogP contribution in [0.2, 0.25) is 0 Å². The van der Waals surface area contributed by atoms with E-state index in [1.807, 2.05) is 24.0 Å². The van der Waals surface area contributed by atoms with Crippen LogP contribution >= 0.6 is 0 Å². The van der Waals surface area contributed by atoms with E-state index in [4.69, 9.17) is 0 Å². The van der Waals surface area contributed by atoms with Crippen LogP contribution in [0.5, 0.6) is 0 Å². The lowest BCUT2D eigenvalue weighted by Gasteiger charge is -2.33. The maximum Gasteiger partial charge on any atom is 0.313 e. The second-order valence-corrected chi connectivity index (χ2v) is 8.64. The van der Waals surface area contributed by atoms with Gasteiger partial charge in [-0.1, -0.05) is 24.1 Å². The molecule has 2 aromatic rings. The van der Waals surface area contributed by atoms with E-state index in [-0.39, 0.29) is 11.6 Å². The van der Waals surface area contributed by atoms with Gasteiger partial charge in [0.15, 0.2) is 0 Å². The molecule has 0 saturated carbocycles. The van der Waals surface area contributed by atoms with E-state index < -0.39 is 16.7 Å². The van der Waals surface area contributed by atoms with Gasteiger partial charge in [-0.2, -0.15) is 0 Å². The predicted octanol–water partition coefficient (Wildman–Crippen LogP) is 3.68. The topological polar surface area (TPSA) is 122 Å². The van der Waals surface area contributed by atoms with Crippen LogP contribution in [0.15, 0.2) is 48.5 Å². The van der Waals surface area contributed by atoms with Gasteiger partial charge in [-0.05, 0) is 62.8 Å². The van der Waals surface area contributed by atoms with Crippen LogP contribution in [0.25, 0.3) is 0 Å². The molecule has 0 radical (unpaired) electrons. The first kappa shape index (κ1) is 24.9. The van der Waals surface area contributed by atoms with E-state index in [0.717, 1.165) is 37.7 Å². The zero-order valence-electron chi connectivity index (χ0n) is 19.3. The summed E-state index contributed by atoms with van der Waals surface area (Å²) in [5, 5.41) is 16.0. The van der Waals surface area contributed by atoms with Crippen molar-refractivity contribution in [3.63, 3.8) is 0 Å². The highest BCUT2D eigenvalue weighted by atomic mass is 16.6. The SMILES string of the molecule is Cc1ccc(NC(=O)C(=O)NCCCC[C@H]2CCCN(C(=O)c3ccc([N+](=O)[O-])cc3)C2)cc1. The molecule has 0 bridgehead atoms. The molecule has 0 aliphatic carbocycles. The standard InChI is InChI=1S/C25H30N4O5/c1-18-7-11-21(12-8-18)27-24(31)23(30)26-15-3-2-5-19-6-4-16-28(17-19)25(32)20-9-13-22(14-10-20)29(33)34/h7-14,19H,2-6,15-17H2,1H3,(H,26,30)(H,27,31)/t19-/m0/s1. The van der Waals surface area contributed by atoms with Crippen LogP contribution in [0.3, 0.4) is 0 Å². The number of carbonyl (C=O) groups excluding carboxylic acids is 3. The highest BCUT2D eigenvalue weighted by Crippen LogP contribution is 2.23. The summed E-state index contributed by atoms with van der Waals surface area (Å²) in [6.07, 6.45) is 4.50. The molecule has 1 heterocycles. The third-order valence-electron chi connectivity index (χ3n) is 5.97. The summed E-state index contributed by atoms with van der Waals surface area (Å²) in [5.74, 6) is -1.07. The third kappa shape index (κ3) is 7.13. The molecule has 180 valence electrons. The number of amides is 3. The van der Waals surface area contributed by atoms with Crippen LogP contribution in [-0.4, -0.2) is 47.2 Å². The number of benzene rings is 2. The zero-order chi connectivity index (χ0) is 24.5. The number of nitro groups is 1. The highest BCUT2D eigenvalue weighted by Gasteiger charge is 2.24. The fourth-order valence-electron chi connectivity index (χ4n) is 4.06. The molecule has 3 amide bonds. The molecule has 9 heteroatoms. The Labute approximate surface area is 198 Å². The Bertz CT molecular complexity index is 1020. The normalized spacial score (nSPS) is 15.4. The number of nitrogens with one attached hydrogen (secondary N) is 2. The molecular formula is C25H30N4O5. The maximum absolute atomic E-state index is 12.8. The molecule has 0 spiro atoms. The quantitative estimate of drug-likeness (QED) is 0.266. The van der Waals surface area contributed by atoms with Crippen molar-refractivity contribution in [3.05, 3.63) is 69.8 Å². The van der Waals surface area contributed by atoms with Gasteiger partial charge in [0.25, 0.3) is 11.6 Å². The molecule has 0 unspecified atom stereocenters. The monoisotopic (exact) mass is 466 g/mol. The Morgan fingerprint density at radius 2 is 1.74 bits per heavy atom. The fourth-order valence-corrected chi connectivity index (χ4v) is 4.06. The number of unbranched alkanes of at least 4 members (excludes halogenated alkanes) is 1. The third-order valence-corrected chi connectivity index (χ3v) is 5.97. The molecule has 2 N–H and O–H groups in total. The number of rotatable bonds is 8. The number of carbonyl (C=O) groups is 3. The van der Waals surface area contributed by atoms with Crippen molar-refractivity contribution >= 4 is 29.1 Å². The molecule has 9 nitrogen and oxygen atoms in total. The van der Waals surface area contributed by atoms with Crippen molar-refractivity contribution in [2.75, 3.05) is 25.0 Å². The summed E-state index contributed by atoms with van der Waals surface area (Å²) < 4.78 is 0. The van der Waals surface area contributed by atoms with E-state index in [1.54, 1.807) is 12.1 Å². The average molecular weight is 467 g/mol. The van der Waals surface area contributed by atoms with Gasteiger partial charge in [0.2, 0.25) is 0 Å². The van der Waals surface area contributed by atoms with Crippen molar-refractivity contribution in [1.82, 2.24) is 10.2 Å². The average Bonchev–Trinajstić information content (AvgIpc) is 2.84. The van der Waals surface area contributed by atoms with Gasteiger partial charge in [-0.3, -0.25) is 24.5 Å². The van der Waals surface area contributed by atoms with Crippen molar-refractivity contribution in [2.45, 2.75) is 39.0 Å². The van der Waals surface area contributed by atoms with Crippen LogP contribution in [-0.2, 0) is 9.59 Å². The number of likely N-dealkylation sites (tertiary alicyclic amines) is 1. The van der Waals surface area contributed by atoms with Gasteiger partial charge < -0.3 is 15.5 Å². The number of non-ortho nitro benzene ring substituents is 1. The number of anilines is 1. The van der Waals surface area contributed by atoms with Gasteiger partial charge in [0.05, 0.1) is 4.92 Å². The van der Waals surface area contributed by atoms with Gasteiger partial charge >= 0.3 is 11.8 Å². The lowest BCUT2D eigenvalue weighted by Crippen LogP contribution is -2.40. The number of piperidine rings is 1. The van der Waals surface area contributed by atoms with E-state index >= 15 is 0 Å². The van der Waals surface area contributed by atoms with Gasteiger partial charge in [0, 0.05) is 43.0 Å². The molecule has 3 rings (SSSR count). The van der Waals surface area contributed by atoms with Crippen molar-refractivity contribution in [2.24, 2.45) is 5.92 Å². The number of nitrogens with zero attached hydrogens (tertiary/aromatic N) is 2. The summed E-state index contributed by atoms with van der Waals surface area (Å²) >= 11 is 0. The molecule has 1 saturated heterocycles. The molecule has 1 fully saturated rings.